The predicted molar refractivity (Wildman–Crippen MR) is 67.0 cm³/mol. The summed E-state index contributed by atoms with van der Waals surface area (Å²) in [5.74, 6) is -1.70. The topological polar surface area (TPSA) is 136 Å². The van der Waals surface area contributed by atoms with Gasteiger partial charge in [0.2, 0.25) is 5.91 Å². The number of nitro groups is 1. The lowest BCUT2D eigenvalue weighted by Gasteiger charge is -2.08. The summed E-state index contributed by atoms with van der Waals surface area (Å²) < 4.78 is 0. The molecule has 0 saturated heterocycles. The largest absolute Gasteiger partial charge is 0.478 e. The van der Waals surface area contributed by atoms with Crippen LogP contribution in [0.25, 0.3) is 0 Å². The number of rotatable bonds is 7. The Morgan fingerprint density at radius 1 is 1.42 bits per heavy atom. The van der Waals surface area contributed by atoms with E-state index >= 15 is 0 Å². The number of benzene rings is 1. The smallest absolute Gasteiger partial charge is 0.338 e. The van der Waals surface area contributed by atoms with Crippen LogP contribution in [0.1, 0.15) is 23.2 Å². The van der Waals surface area contributed by atoms with Crippen molar-refractivity contribution in [3.63, 3.8) is 0 Å². The van der Waals surface area contributed by atoms with E-state index in [-0.39, 0.29) is 23.4 Å². The molecule has 0 aliphatic carbocycles. The first kappa shape index (κ1) is 14.4. The highest BCUT2D eigenvalue weighted by molar-refractivity contribution is 5.95. The van der Waals surface area contributed by atoms with Crippen LogP contribution in [-0.2, 0) is 4.79 Å². The minimum absolute atomic E-state index is 0.183. The second kappa shape index (κ2) is 6.34. The molecule has 102 valence electrons. The summed E-state index contributed by atoms with van der Waals surface area (Å²) in [6, 6.07) is 3.52. The Morgan fingerprint density at radius 2 is 2.11 bits per heavy atom. The van der Waals surface area contributed by atoms with Crippen LogP contribution in [0, 0.1) is 10.1 Å². The molecule has 0 aliphatic heterocycles. The van der Waals surface area contributed by atoms with Crippen LogP contribution >= 0.6 is 0 Å². The molecular formula is C11H13N3O5. The maximum absolute atomic E-state index is 11.0. The number of nitrogens with one attached hydrogen (secondary N) is 1. The Balaban J connectivity index is 2.79. The predicted octanol–water partition coefficient (Wildman–Crippen LogP) is 0.970. The molecule has 19 heavy (non-hydrogen) atoms. The number of amides is 1. The molecule has 1 rings (SSSR count). The van der Waals surface area contributed by atoms with E-state index in [1.54, 1.807) is 0 Å². The van der Waals surface area contributed by atoms with Crippen LogP contribution in [0.3, 0.4) is 0 Å². The number of nitro benzene ring substituents is 1. The SMILES string of the molecule is NC(=O)CCCNc1ccc([N+](=O)[O-])cc1C(=O)O. The average molecular weight is 267 g/mol. The summed E-state index contributed by atoms with van der Waals surface area (Å²) in [6.45, 7) is 0.348. The maximum atomic E-state index is 11.0. The number of carbonyl (C=O) groups excluding carboxylic acids is 1. The van der Waals surface area contributed by atoms with E-state index in [9.17, 15) is 19.7 Å². The highest BCUT2D eigenvalue weighted by Gasteiger charge is 2.15. The standard InChI is InChI=1S/C11H13N3O5/c12-10(15)2-1-5-13-9-4-3-7(14(18)19)6-8(9)11(16)17/h3-4,6,13H,1-2,5H2,(H2,12,15)(H,16,17). The Morgan fingerprint density at radius 3 is 2.63 bits per heavy atom. The van der Waals surface area contributed by atoms with Gasteiger partial charge in [0.05, 0.1) is 10.5 Å². The molecule has 1 amide bonds. The van der Waals surface area contributed by atoms with Crippen molar-refractivity contribution in [1.29, 1.82) is 0 Å². The lowest BCUT2D eigenvalue weighted by molar-refractivity contribution is -0.384. The highest BCUT2D eigenvalue weighted by Crippen LogP contribution is 2.22. The second-order valence-electron chi connectivity index (χ2n) is 3.79. The van der Waals surface area contributed by atoms with Crippen molar-refractivity contribution in [2.45, 2.75) is 12.8 Å². The van der Waals surface area contributed by atoms with E-state index in [0.29, 0.717) is 13.0 Å². The zero-order valence-electron chi connectivity index (χ0n) is 9.96. The van der Waals surface area contributed by atoms with E-state index in [4.69, 9.17) is 10.8 Å². The third kappa shape index (κ3) is 4.26. The zero-order valence-corrected chi connectivity index (χ0v) is 9.96. The van der Waals surface area contributed by atoms with Gasteiger partial charge in [0.1, 0.15) is 0 Å². The number of hydrogen-bond donors (Lipinski definition) is 3. The fourth-order valence-corrected chi connectivity index (χ4v) is 1.46. The third-order valence-corrected chi connectivity index (χ3v) is 2.36. The van der Waals surface area contributed by atoms with Crippen molar-refractivity contribution in [1.82, 2.24) is 0 Å². The van der Waals surface area contributed by atoms with Crippen LogP contribution in [0.2, 0.25) is 0 Å². The van der Waals surface area contributed by atoms with E-state index in [2.05, 4.69) is 5.32 Å². The van der Waals surface area contributed by atoms with Gasteiger partial charge in [-0.3, -0.25) is 14.9 Å². The lowest BCUT2D eigenvalue weighted by atomic mass is 10.1. The number of anilines is 1. The molecule has 0 unspecified atom stereocenters. The molecular weight excluding hydrogens is 254 g/mol. The molecule has 0 aromatic heterocycles. The molecule has 0 atom stereocenters. The molecule has 1 aromatic rings. The summed E-state index contributed by atoms with van der Waals surface area (Å²) in [5, 5.41) is 22.3. The molecule has 0 bridgehead atoms. The molecule has 0 heterocycles. The Bertz CT molecular complexity index is 515. The number of non-ortho nitro benzene ring substituents is 1. The van der Waals surface area contributed by atoms with E-state index < -0.39 is 16.8 Å². The van der Waals surface area contributed by atoms with Crippen molar-refractivity contribution < 1.29 is 19.6 Å². The van der Waals surface area contributed by atoms with Crippen LogP contribution in [0.5, 0.6) is 0 Å². The molecule has 0 aliphatic rings. The van der Waals surface area contributed by atoms with Gasteiger partial charge in [-0.05, 0) is 12.5 Å². The minimum atomic E-state index is -1.26. The first-order valence-electron chi connectivity index (χ1n) is 5.45. The van der Waals surface area contributed by atoms with Gasteiger partial charge in [0.15, 0.2) is 0 Å². The van der Waals surface area contributed by atoms with E-state index in [1.807, 2.05) is 0 Å². The molecule has 8 heteroatoms. The first-order valence-corrected chi connectivity index (χ1v) is 5.45. The normalized spacial score (nSPS) is 9.89. The quantitative estimate of drug-likeness (QED) is 0.382. The number of carboxylic acids is 1. The Kier molecular flexibility index (Phi) is 4.81. The van der Waals surface area contributed by atoms with Crippen LogP contribution in [-0.4, -0.2) is 28.5 Å². The van der Waals surface area contributed by atoms with Gasteiger partial charge in [-0.25, -0.2) is 4.79 Å². The first-order chi connectivity index (χ1) is 8.91. The number of hydrogen-bond acceptors (Lipinski definition) is 5. The van der Waals surface area contributed by atoms with E-state index in [1.165, 1.54) is 12.1 Å². The van der Waals surface area contributed by atoms with Crippen LogP contribution < -0.4 is 11.1 Å². The number of nitrogens with two attached hydrogens (primary N) is 1. The molecule has 8 nitrogen and oxygen atoms in total. The molecule has 0 fully saturated rings. The van der Waals surface area contributed by atoms with Gasteiger partial charge in [0.25, 0.3) is 5.69 Å². The third-order valence-electron chi connectivity index (χ3n) is 2.36. The molecule has 0 spiro atoms. The minimum Gasteiger partial charge on any atom is -0.478 e. The molecule has 0 radical (unpaired) electrons. The number of carboxylic acid groups (broad SMARTS) is 1. The highest BCUT2D eigenvalue weighted by atomic mass is 16.6. The van der Waals surface area contributed by atoms with E-state index in [0.717, 1.165) is 6.07 Å². The second-order valence-corrected chi connectivity index (χ2v) is 3.79. The van der Waals surface area contributed by atoms with Gasteiger partial charge in [-0.1, -0.05) is 0 Å². The summed E-state index contributed by atoms with van der Waals surface area (Å²) in [5.41, 5.74) is 4.76. The number of carbonyl (C=O) groups is 2. The van der Waals surface area contributed by atoms with Gasteiger partial charge >= 0.3 is 5.97 Å². The fourth-order valence-electron chi connectivity index (χ4n) is 1.46. The number of nitrogens with zero attached hydrogens (tertiary/aromatic N) is 1. The van der Waals surface area contributed by atoms with Crippen molar-refractivity contribution in [2.75, 3.05) is 11.9 Å². The van der Waals surface area contributed by atoms with Crippen molar-refractivity contribution in [3.05, 3.63) is 33.9 Å². The van der Waals surface area contributed by atoms with Gasteiger partial charge in [0, 0.05) is 30.8 Å². The molecule has 4 N–H and O–H groups in total. The van der Waals surface area contributed by atoms with Crippen molar-refractivity contribution in [2.24, 2.45) is 5.73 Å². The fraction of sp³-hybridized carbons (Fsp3) is 0.273. The van der Waals surface area contributed by atoms with Crippen LogP contribution in [0.15, 0.2) is 18.2 Å². The van der Waals surface area contributed by atoms with Crippen LogP contribution in [0.4, 0.5) is 11.4 Å². The Labute approximate surface area is 108 Å². The zero-order chi connectivity index (χ0) is 14.4. The summed E-state index contributed by atoms with van der Waals surface area (Å²) in [6.07, 6.45) is 0.633. The molecule has 1 aromatic carbocycles. The van der Waals surface area contributed by atoms with Crippen molar-refractivity contribution in [3.8, 4) is 0 Å². The number of primary amides is 1. The average Bonchev–Trinajstić information content (AvgIpc) is 2.34. The monoisotopic (exact) mass is 267 g/mol. The summed E-state index contributed by atoms with van der Waals surface area (Å²) >= 11 is 0. The maximum Gasteiger partial charge on any atom is 0.338 e. The lowest BCUT2D eigenvalue weighted by Crippen LogP contribution is -2.13. The molecule has 0 saturated carbocycles. The number of aromatic carboxylic acids is 1. The summed E-state index contributed by atoms with van der Waals surface area (Å²) in [4.78, 5) is 31.4. The van der Waals surface area contributed by atoms with Gasteiger partial charge < -0.3 is 16.2 Å². The van der Waals surface area contributed by atoms with Crippen molar-refractivity contribution >= 4 is 23.3 Å². The van der Waals surface area contributed by atoms with Gasteiger partial charge in [-0.15, -0.1) is 0 Å². The Hall–Kier alpha value is -2.64. The summed E-state index contributed by atoms with van der Waals surface area (Å²) in [7, 11) is 0. The van der Waals surface area contributed by atoms with Gasteiger partial charge in [-0.2, -0.15) is 0 Å².